The second-order valence-electron chi connectivity index (χ2n) is 2.68. The molecule has 0 saturated heterocycles. The van der Waals surface area contributed by atoms with Crippen LogP contribution in [0.2, 0.25) is 0 Å². The van der Waals surface area contributed by atoms with Crippen molar-refractivity contribution in [2.75, 3.05) is 0 Å². The average molecular weight is 191 g/mol. The Balaban J connectivity index is 2.96. The van der Waals surface area contributed by atoms with Gasteiger partial charge in [-0.15, -0.1) is 0 Å². The summed E-state index contributed by atoms with van der Waals surface area (Å²) in [4.78, 5) is 20.0. The van der Waals surface area contributed by atoms with Gasteiger partial charge in [-0.3, -0.25) is 14.9 Å². The molecule has 0 N–H and O–H groups in total. The van der Waals surface area contributed by atoms with Crippen molar-refractivity contribution in [2.24, 2.45) is 0 Å². The van der Waals surface area contributed by atoms with Gasteiger partial charge in [0.2, 0.25) is 6.54 Å². The van der Waals surface area contributed by atoms with Crippen molar-refractivity contribution < 1.29 is 9.72 Å². The van der Waals surface area contributed by atoms with Crippen LogP contribution in [0.1, 0.15) is 11.1 Å². The molecule has 0 bridgehead atoms. The number of hydrogen-bond acceptors (Lipinski definition) is 3. The lowest BCUT2D eigenvalue weighted by Gasteiger charge is -1.99. The van der Waals surface area contributed by atoms with E-state index in [1.165, 1.54) is 6.08 Å². The van der Waals surface area contributed by atoms with E-state index in [1.54, 1.807) is 30.3 Å². The maximum atomic E-state index is 10.3. The fraction of sp³-hybridized carbons (Fsp3) is 0.100. The molecule has 4 heteroatoms. The first kappa shape index (κ1) is 10.1. The Morgan fingerprint density at radius 1 is 1.36 bits per heavy atom. The van der Waals surface area contributed by atoms with Crippen LogP contribution in [0.25, 0.3) is 6.08 Å². The van der Waals surface area contributed by atoms with Crippen LogP contribution < -0.4 is 0 Å². The Morgan fingerprint density at radius 3 is 2.71 bits per heavy atom. The quantitative estimate of drug-likeness (QED) is 0.315. The first-order valence-electron chi connectivity index (χ1n) is 4.05. The predicted octanol–water partition coefficient (Wildman–Crippen LogP) is 1.68. The summed E-state index contributed by atoms with van der Waals surface area (Å²) < 4.78 is 0. The number of nitrogens with zero attached hydrogens (tertiary/aromatic N) is 1. The highest BCUT2D eigenvalue weighted by atomic mass is 16.6. The number of carbonyl (C=O) groups is 1. The fourth-order valence-corrected chi connectivity index (χ4v) is 1.12. The van der Waals surface area contributed by atoms with Gasteiger partial charge in [0.1, 0.15) is 6.29 Å². The van der Waals surface area contributed by atoms with Gasteiger partial charge in [0.05, 0.1) is 0 Å². The minimum atomic E-state index is -0.395. The van der Waals surface area contributed by atoms with Crippen molar-refractivity contribution in [2.45, 2.75) is 6.54 Å². The Bertz CT molecular complexity index is 371. The van der Waals surface area contributed by atoms with Crippen molar-refractivity contribution in [3.8, 4) is 0 Å². The van der Waals surface area contributed by atoms with Crippen LogP contribution in [-0.2, 0) is 11.3 Å². The van der Waals surface area contributed by atoms with E-state index in [-0.39, 0.29) is 6.54 Å². The van der Waals surface area contributed by atoms with Gasteiger partial charge in [-0.2, -0.15) is 0 Å². The van der Waals surface area contributed by atoms with Crippen molar-refractivity contribution in [1.82, 2.24) is 0 Å². The Hall–Kier alpha value is -1.97. The van der Waals surface area contributed by atoms with Gasteiger partial charge in [-0.05, 0) is 11.6 Å². The van der Waals surface area contributed by atoms with E-state index < -0.39 is 4.92 Å². The fourth-order valence-electron chi connectivity index (χ4n) is 1.12. The summed E-state index contributed by atoms with van der Waals surface area (Å²) in [5.41, 5.74) is 1.31. The number of benzene rings is 1. The lowest BCUT2D eigenvalue weighted by atomic mass is 10.1. The van der Waals surface area contributed by atoms with Gasteiger partial charge in [-0.25, -0.2) is 0 Å². The van der Waals surface area contributed by atoms with Gasteiger partial charge >= 0.3 is 0 Å². The average Bonchev–Trinajstić information content (AvgIpc) is 2.16. The number of nitro groups is 1. The van der Waals surface area contributed by atoms with Crippen molar-refractivity contribution in [3.05, 3.63) is 51.6 Å². The van der Waals surface area contributed by atoms with E-state index in [4.69, 9.17) is 0 Å². The zero-order valence-electron chi connectivity index (χ0n) is 7.42. The molecule has 1 aromatic carbocycles. The maximum absolute atomic E-state index is 10.3. The van der Waals surface area contributed by atoms with Crippen LogP contribution in [0.4, 0.5) is 0 Å². The summed E-state index contributed by atoms with van der Waals surface area (Å²) in [7, 11) is 0. The predicted molar refractivity (Wildman–Crippen MR) is 52.2 cm³/mol. The van der Waals surface area contributed by atoms with E-state index in [0.29, 0.717) is 17.4 Å². The molecule has 0 aliphatic rings. The van der Waals surface area contributed by atoms with Crippen LogP contribution in [0, 0.1) is 10.1 Å². The molecular weight excluding hydrogens is 182 g/mol. The van der Waals surface area contributed by atoms with E-state index in [9.17, 15) is 14.9 Å². The van der Waals surface area contributed by atoms with E-state index in [0.717, 1.165) is 0 Å². The van der Waals surface area contributed by atoms with Crippen molar-refractivity contribution in [1.29, 1.82) is 0 Å². The van der Waals surface area contributed by atoms with E-state index in [2.05, 4.69) is 0 Å². The molecule has 0 spiro atoms. The SMILES string of the molecule is O=C/C=C/c1ccccc1C[N+](=O)[O-]. The standard InChI is InChI=1S/C10H9NO3/c12-7-3-6-9-4-1-2-5-10(9)8-11(13)14/h1-7H,8H2/b6-3+. The summed E-state index contributed by atoms with van der Waals surface area (Å²) in [6.07, 6.45) is 3.52. The van der Waals surface area contributed by atoms with Gasteiger partial charge < -0.3 is 0 Å². The number of rotatable bonds is 4. The second kappa shape index (κ2) is 4.91. The summed E-state index contributed by atoms with van der Waals surface area (Å²) in [5.74, 6) is 0. The molecule has 4 nitrogen and oxygen atoms in total. The number of hydrogen-bond donors (Lipinski definition) is 0. The summed E-state index contributed by atoms with van der Waals surface area (Å²) in [6, 6.07) is 6.91. The Morgan fingerprint density at radius 2 is 2.07 bits per heavy atom. The lowest BCUT2D eigenvalue weighted by Crippen LogP contribution is -1.99. The molecule has 72 valence electrons. The molecule has 0 saturated carbocycles. The second-order valence-corrected chi connectivity index (χ2v) is 2.68. The lowest BCUT2D eigenvalue weighted by molar-refractivity contribution is -0.496. The summed E-state index contributed by atoms with van der Waals surface area (Å²) in [6.45, 7) is -0.223. The van der Waals surface area contributed by atoms with Gasteiger partial charge in [0.15, 0.2) is 0 Å². The molecule has 0 radical (unpaired) electrons. The van der Waals surface area contributed by atoms with Crippen molar-refractivity contribution in [3.63, 3.8) is 0 Å². The highest BCUT2D eigenvalue weighted by Gasteiger charge is 2.04. The molecular formula is C10H9NO3. The molecule has 0 fully saturated rings. The van der Waals surface area contributed by atoms with Crippen molar-refractivity contribution >= 4 is 12.4 Å². The zero-order chi connectivity index (χ0) is 10.4. The number of allylic oxidation sites excluding steroid dienone is 1. The molecule has 0 aromatic heterocycles. The molecule has 0 atom stereocenters. The molecule has 14 heavy (non-hydrogen) atoms. The molecule has 0 aliphatic heterocycles. The summed E-state index contributed by atoms with van der Waals surface area (Å²) in [5, 5.41) is 10.3. The van der Waals surface area contributed by atoms with Crippen LogP contribution in [0.5, 0.6) is 0 Å². The van der Waals surface area contributed by atoms with Crippen LogP contribution in [0.3, 0.4) is 0 Å². The number of carbonyl (C=O) groups excluding carboxylic acids is 1. The van der Waals surface area contributed by atoms with E-state index in [1.807, 2.05) is 0 Å². The topological polar surface area (TPSA) is 60.2 Å². The smallest absolute Gasteiger partial charge is 0.229 e. The normalized spacial score (nSPS) is 10.3. The Labute approximate surface area is 81.0 Å². The van der Waals surface area contributed by atoms with Crippen LogP contribution in [0.15, 0.2) is 30.3 Å². The van der Waals surface area contributed by atoms with Crippen LogP contribution in [-0.4, -0.2) is 11.2 Å². The van der Waals surface area contributed by atoms with Crippen LogP contribution >= 0.6 is 0 Å². The first-order valence-corrected chi connectivity index (χ1v) is 4.05. The molecule has 0 aliphatic carbocycles. The first-order chi connectivity index (χ1) is 6.74. The molecule has 0 amide bonds. The Kier molecular flexibility index (Phi) is 3.55. The molecule has 1 rings (SSSR count). The highest BCUT2D eigenvalue weighted by Crippen LogP contribution is 2.11. The third-order valence-corrected chi connectivity index (χ3v) is 1.71. The number of aldehydes is 1. The summed E-state index contributed by atoms with van der Waals surface area (Å²) >= 11 is 0. The van der Waals surface area contributed by atoms with Gasteiger partial charge in [-0.1, -0.05) is 30.3 Å². The maximum Gasteiger partial charge on any atom is 0.229 e. The zero-order valence-corrected chi connectivity index (χ0v) is 7.42. The monoisotopic (exact) mass is 191 g/mol. The van der Waals surface area contributed by atoms with Gasteiger partial charge in [0, 0.05) is 10.5 Å². The third-order valence-electron chi connectivity index (χ3n) is 1.71. The molecule has 0 heterocycles. The van der Waals surface area contributed by atoms with E-state index >= 15 is 0 Å². The largest absolute Gasteiger partial charge is 0.299 e. The minimum Gasteiger partial charge on any atom is -0.299 e. The third kappa shape index (κ3) is 2.82. The molecule has 1 aromatic rings. The van der Waals surface area contributed by atoms with Gasteiger partial charge in [0.25, 0.3) is 0 Å². The highest BCUT2D eigenvalue weighted by molar-refractivity contribution is 5.74. The molecule has 0 unspecified atom stereocenters. The minimum absolute atomic E-state index is 0.223.